The number of anilines is 2. The summed E-state index contributed by atoms with van der Waals surface area (Å²) in [6.07, 6.45) is 2.58. The van der Waals surface area contributed by atoms with Crippen LogP contribution in [0.2, 0.25) is 0 Å². The van der Waals surface area contributed by atoms with Crippen LogP contribution in [0.1, 0.15) is 86.9 Å². The summed E-state index contributed by atoms with van der Waals surface area (Å²) in [5.74, 6) is -2.15. The molecule has 0 aliphatic heterocycles. The molecule has 0 aromatic heterocycles. The number of hydrogen-bond acceptors (Lipinski definition) is 6. The molecule has 1 aliphatic carbocycles. The molecule has 236 valence electrons. The minimum absolute atomic E-state index is 0.103. The lowest BCUT2D eigenvalue weighted by Crippen LogP contribution is -2.47. The fraction of sp³-hybridized carbons (Fsp3) is 0.438. The van der Waals surface area contributed by atoms with Gasteiger partial charge in [0.15, 0.2) is 0 Å². The summed E-state index contributed by atoms with van der Waals surface area (Å²) in [5, 5.41) is 5.55. The Bertz CT molecular complexity index is 1230. The van der Waals surface area contributed by atoms with E-state index in [4.69, 9.17) is 0 Å². The first-order valence-corrected chi connectivity index (χ1v) is 14.9. The van der Waals surface area contributed by atoms with Crippen LogP contribution in [0.4, 0.5) is 11.4 Å². The van der Waals surface area contributed by atoms with Crippen LogP contribution in [0, 0.1) is 23.7 Å². The number of rotatable bonds is 10. The van der Waals surface area contributed by atoms with Gasteiger partial charge in [0.05, 0.1) is 0 Å². The van der Waals surface area contributed by atoms with Crippen LogP contribution in [0.5, 0.6) is 0 Å². The van der Waals surface area contributed by atoms with Crippen molar-refractivity contribution < 1.29 is 28.8 Å². The van der Waals surface area contributed by atoms with Crippen molar-refractivity contribution in [2.45, 2.75) is 66.2 Å². The van der Waals surface area contributed by atoms with E-state index in [0.717, 1.165) is 0 Å². The predicted octanol–water partition coefficient (Wildman–Crippen LogP) is 3.68. The van der Waals surface area contributed by atoms with Gasteiger partial charge in [0.1, 0.15) is 0 Å². The molecule has 1 aliphatic rings. The highest BCUT2D eigenvalue weighted by Gasteiger charge is 2.30. The van der Waals surface area contributed by atoms with Crippen LogP contribution in [-0.2, 0) is 19.2 Å². The summed E-state index contributed by atoms with van der Waals surface area (Å²) in [7, 11) is 0. The number of carbonyl (C=O) groups is 6. The van der Waals surface area contributed by atoms with Crippen molar-refractivity contribution in [1.29, 1.82) is 0 Å². The van der Waals surface area contributed by atoms with Gasteiger partial charge >= 0.3 is 0 Å². The van der Waals surface area contributed by atoms with Gasteiger partial charge in [-0.05, 0) is 86.1 Å². The van der Waals surface area contributed by atoms with Crippen LogP contribution >= 0.6 is 0 Å². The molecule has 12 heteroatoms. The smallest absolute Gasteiger partial charge is 0.269 e. The molecule has 0 heterocycles. The second-order valence-corrected chi connectivity index (χ2v) is 11.9. The summed E-state index contributed by atoms with van der Waals surface area (Å²) in [6.45, 7) is 7.81. The molecule has 1 saturated carbocycles. The Morgan fingerprint density at radius 2 is 0.864 bits per heavy atom. The fourth-order valence-electron chi connectivity index (χ4n) is 4.78. The number of nitrogens with one attached hydrogen (secondary N) is 6. The normalized spacial score (nSPS) is 16.0. The van der Waals surface area contributed by atoms with Gasteiger partial charge in [0.25, 0.3) is 11.8 Å². The van der Waals surface area contributed by atoms with Crippen molar-refractivity contribution >= 4 is 46.8 Å². The maximum absolute atomic E-state index is 12.6. The Hall–Kier alpha value is -4.74. The molecule has 2 aromatic carbocycles. The summed E-state index contributed by atoms with van der Waals surface area (Å²) in [6, 6.07) is 12.7. The highest BCUT2D eigenvalue weighted by atomic mass is 16.2. The van der Waals surface area contributed by atoms with Crippen LogP contribution in [0.25, 0.3) is 0 Å². The molecule has 0 atom stereocenters. The van der Waals surface area contributed by atoms with Crippen molar-refractivity contribution in [1.82, 2.24) is 21.7 Å². The molecule has 0 spiro atoms. The fourth-order valence-corrected chi connectivity index (χ4v) is 4.78. The molecule has 0 bridgehead atoms. The number of benzene rings is 2. The molecule has 0 unspecified atom stereocenters. The van der Waals surface area contributed by atoms with E-state index in [0.29, 0.717) is 61.0 Å². The van der Waals surface area contributed by atoms with Gasteiger partial charge in [-0.3, -0.25) is 50.5 Å². The van der Waals surface area contributed by atoms with Gasteiger partial charge < -0.3 is 10.6 Å². The van der Waals surface area contributed by atoms with Crippen molar-refractivity contribution in [3.63, 3.8) is 0 Å². The Kier molecular flexibility index (Phi) is 12.4. The first-order valence-electron chi connectivity index (χ1n) is 14.9. The first-order chi connectivity index (χ1) is 20.9. The standard InChI is InChI=1S/C32H42N6O6/c1-19(2)17-27(39)33-25-13-9-23(10-14-25)31(43)37-35-29(41)21-5-7-22(8-6-21)30(42)36-38-32(44)24-11-15-26(16-12-24)34-28(40)18-20(3)4/h9-16,19-22H,5-8,17-18H2,1-4H3,(H,33,39)(H,34,40)(H,35,41)(H,36,42)(H,37,43)(H,38,44). The van der Waals surface area contributed by atoms with E-state index >= 15 is 0 Å². The lowest BCUT2D eigenvalue weighted by atomic mass is 9.81. The quantitative estimate of drug-likeness (QED) is 0.225. The van der Waals surface area contributed by atoms with Crippen LogP contribution in [-0.4, -0.2) is 35.4 Å². The minimum Gasteiger partial charge on any atom is -0.326 e. The van der Waals surface area contributed by atoms with E-state index in [2.05, 4.69) is 32.3 Å². The predicted molar refractivity (Wildman–Crippen MR) is 166 cm³/mol. The third-order valence-electron chi connectivity index (χ3n) is 7.12. The molecule has 12 nitrogen and oxygen atoms in total. The average molecular weight is 607 g/mol. The van der Waals surface area contributed by atoms with Gasteiger partial charge in [-0.15, -0.1) is 0 Å². The van der Waals surface area contributed by atoms with Gasteiger partial charge in [0, 0.05) is 47.2 Å². The lowest BCUT2D eigenvalue weighted by molar-refractivity contribution is -0.131. The largest absolute Gasteiger partial charge is 0.326 e. The Morgan fingerprint density at radius 3 is 1.16 bits per heavy atom. The first kappa shape index (κ1) is 33.8. The van der Waals surface area contributed by atoms with E-state index in [-0.39, 0.29) is 47.3 Å². The summed E-state index contributed by atoms with van der Waals surface area (Å²) in [5.41, 5.74) is 11.5. The zero-order chi connectivity index (χ0) is 32.2. The van der Waals surface area contributed by atoms with E-state index in [1.54, 1.807) is 48.5 Å². The summed E-state index contributed by atoms with van der Waals surface area (Å²) >= 11 is 0. The molecule has 1 fully saturated rings. The Labute approximate surface area is 257 Å². The molecule has 6 amide bonds. The van der Waals surface area contributed by atoms with Crippen LogP contribution < -0.4 is 32.3 Å². The minimum atomic E-state index is -0.493. The van der Waals surface area contributed by atoms with Gasteiger partial charge in [-0.25, -0.2) is 0 Å². The zero-order valence-corrected chi connectivity index (χ0v) is 25.6. The number of amides is 6. The molecule has 6 N–H and O–H groups in total. The van der Waals surface area contributed by atoms with E-state index < -0.39 is 11.8 Å². The highest BCUT2D eigenvalue weighted by molar-refractivity contribution is 5.98. The topological polar surface area (TPSA) is 175 Å². The van der Waals surface area contributed by atoms with E-state index in [9.17, 15) is 28.8 Å². The zero-order valence-electron chi connectivity index (χ0n) is 25.6. The van der Waals surface area contributed by atoms with Gasteiger partial charge in [-0.2, -0.15) is 0 Å². The van der Waals surface area contributed by atoms with Gasteiger partial charge in [-0.1, -0.05) is 27.7 Å². The molecular formula is C32H42N6O6. The lowest BCUT2D eigenvalue weighted by Gasteiger charge is -2.27. The van der Waals surface area contributed by atoms with E-state index in [1.165, 1.54) is 0 Å². The van der Waals surface area contributed by atoms with Crippen LogP contribution in [0.15, 0.2) is 48.5 Å². The van der Waals surface area contributed by atoms with Crippen molar-refractivity contribution in [2.24, 2.45) is 23.7 Å². The number of hydrazine groups is 2. The maximum Gasteiger partial charge on any atom is 0.269 e. The van der Waals surface area contributed by atoms with Crippen LogP contribution in [0.3, 0.4) is 0 Å². The number of carbonyl (C=O) groups excluding carboxylic acids is 6. The molecule has 44 heavy (non-hydrogen) atoms. The third kappa shape index (κ3) is 10.8. The van der Waals surface area contributed by atoms with Gasteiger partial charge in [0.2, 0.25) is 23.6 Å². The molecule has 2 aromatic rings. The Morgan fingerprint density at radius 1 is 0.545 bits per heavy atom. The van der Waals surface area contributed by atoms with E-state index in [1.807, 2.05) is 27.7 Å². The second-order valence-electron chi connectivity index (χ2n) is 11.9. The SMILES string of the molecule is CC(C)CC(=O)Nc1ccc(C(=O)NNC(=O)C2CCC(C(=O)NNC(=O)c3ccc(NC(=O)CC(C)C)cc3)CC2)cc1. The molecule has 3 rings (SSSR count). The highest BCUT2D eigenvalue weighted by Crippen LogP contribution is 2.29. The molecular weight excluding hydrogens is 564 g/mol. The monoisotopic (exact) mass is 606 g/mol. The maximum atomic E-state index is 12.6. The Balaban J connectivity index is 1.36. The molecule has 0 saturated heterocycles. The molecule has 0 radical (unpaired) electrons. The summed E-state index contributed by atoms with van der Waals surface area (Å²) in [4.78, 5) is 74.0. The third-order valence-corrected chi connectivity index (χ3v) is 7.12. The van der Waals surface area contributed by atoms with Crippen molar-refractivity contribution in [3.8, 4) is 0 Å². The van der Waals surface area contributed by atoms with Crippen molar-refractivity contribution in [3.05, 3.63) is 59.7 Å². The average Bonchev–Trinajstić information content (AvgIpc) is 2.98. The second kappa shape index (κ2) is 16.2. The summed E-state index contributed by atoms with van der Waals surface area (Å²) < 4.78 is 0. The number of hydrogen-bond donors (Lipinski definition) is 6. The van der Waals surface area contributed by atoms with Crippen molar-refractivity contribution in [2.75, 3.05) is 10.6 Å².